The molecule has 4 aromatic rings. The lowest BCUT2D eigenvalue weighted by Gasteiger charge is -2.13. The van der Waals surface area contributed by atoms with Crippen molar-refractivity contribution in [2.24, 2.45) is 7.05 Å². The molecule has 1 unspecified atom stereocenters. The molecule has 1 aromatic carbocycles. The van der Waals surface area contributed by atoms with Gasteiger partial charge in [-0.25, -0.2) is 9.97 Å². The van der Waals surface area contributed by atoms with Gasteiger partial charge in [-0.05, 0) is 31.9 Å². The monoisotopic (exact) mass is 490 g/mol. The molecule has 1 aliphatic heterocycles. The van der Waals surface area contributed by atoms with Gasteiger partial charge in [-0.1, -0.05) is 12.1 Å². The largest absolute Gasteiger partial charge is 0.478 e. The highest BCUT2D eigenvalue weighted by molar-refractivity contribution is 6.06. The SMILES string of the molecule is CCO[C@@H]1CNC(C(=O)Nc2cccc3c(-c4nc(Nc5cn(C)nc5OC)ncc4C)c[nH]c23)C1. The molecule has 3 aromatic heterocycles. The Morgan fingerprint density at radius 2 is 2.17 bits per heavy atom. The van der Waals surface area contributed by atoms with Crippen LogP contribution in [0.15, 0.2) is 36.8 Å². The molecule has 5 rings (SSSR count). The minimum absolute atomic E-state index is 0.0637. The van der Waals surface area contributed by atoms with E-state index in [9.17, 15) is 4.79 Å². The minimum atomic E-state index is -0.284. The molecular weight excluding hydrogens is 460 g/mol. The molecular formula is C25H30N8O3. The number of hydrogen-bond acceptors (Lipinski definition) is 8. The van der Waals surface area contributed by atoms with Gasteiger partial charge in [-0.2, -0.15) is 0 Å². The fourth-order valence-electron chi connectivity index (χ4n) is 4.54. The Labute approximate surface area is 208 Å². The second kappa shape index (κ2) is 9.96. The van der Waals surface area contributed by atoms with E-state index in [4.69, 9.17) is 14.5 Å². The third-order valence-corrected chi connectivity index (χ3v) is 6.24. The van der Waals surface area contributed by atoms with E-state index in [-0.39, 0.29) is 18.1 Å². The smallest absolute Gasteiger partial charge is 0.256 e. The van der Waals surface area contributed by atoms with Gasteiger partial charge in [0.05, 0.1) is 42.4 Å². The number of aromatic amines is 1. The molecule has 0 aliphatic carbocycles. The number of methoxy groups -OCH3 is 1. The number of aryl methyl sites for hydroxylation is 2. The lowest BCUT2D eigenvalue weighted by Crippen LogP contribution is -2.35. The van der Waals surface area contributed by atoms with Gasteiger partial charge in [0.15, 0.2) is 0 Å². The molecule has 36 heavy (non-hydrogen) atoms. The Morgan fingerprint density at radius 1 is 1.31 bits per heavy atom. The highest BCUT2D eigenvalue weighted by Gasteiger charge is 2.30. The van der Waals surface area contributed by atoms with Crippen molar-refractivity contribution in [1.82, 2.24) is 30.0 Å². The van der Waals surface area contributed by atoms with Gasteiger partial charge in [0.25, 0.3) is 5.88 Å². The number of carbonyl (C=O) groups excluding carboxylic acids is 1. The topological polar surface area (TPSA) is 131 Å². The second-order valence-corrected chi connectivity index (χ2v) is 8.77. The summed E-state index contributed by atoms with van der Waals surface area (Å²) in [6.45, 7) is 5.25. The third-order valence-electron chi connectivity index (χ3n) is 6.24. The highest BCUT2D eigenvalue weighted by Crippen LogP contribution is 2.34. The first-order valence-corrected chi connectivity index (χ1v) is 11.9. The van der Waals surface area contributed by atoms with Crippen molar-refractivity contribution in [3.63, 3.8) is 0 Å². The molecule has 0 radical (unpaired) electrons. The quantitative estimate of drug-likeness (QED) is 0.296. The van der Waals surface area contributed by atoms with E-state index in [0.29, 0.717) is 37.1 Å². The Balaban J connectivity index is 1.41. The molecule has 188 valence electrons. The molecule has 4 heterocycles. The average molecular weight is 491 g/mol. The number of fused-ring (bicyclic) bond motifs is 1. The number of anilines is 3. The highest BCUT2D eigenvalue weighted by atomic mass is 16.5. The molecule has 1 saturated heterocycles. The average Bonchev–Trinajstić information content (AvgIpc) is 3.59. The maximum Gasteiger partial charge on any atom is 0.256 e. The van der Waals surface area contributed by atoms with E-state index >= 15 is 0 Å². The summed E-state index contributed by atoms with van der Waals surface area (Å²) in [5.41, 5.74) is 4.84. The normalized spacial score (nSPS) is 17.4. The summed E-state index contributed by atoms with van der Waals surface area (Å²) in [4.78, 5) is 25.5. The fourth-order valence-corrected chi connectivity index (χ4v) is 4.54. The van der Waals surface area contributed by atoms with E-state index in [1.54, 1.807) is 24.2 Å². The maximum atomic E-state index is 12.9. The standard InChI is InChI=1S/C25H30N8O3/c1-5-36-15-9-19(26-11-15)23(34)29-18-8-6-7-16-17(12-27-22(16)18)21-14(2)10-28-25(31-21)30-20-13-33(3)32-24(20)35-4/h6-8,10,12-13,15,19,26-27H,5,9,11H2,1-4H3,(H,29,34)(H,28,30,31)/t15-,19?/m0/s1. The number of para-hydroxylation sites is 1. The summed E-state index contributed by atoms with van der Waals surface area (Å²) in [6, 6.07) is 5.54. The van der Waals surface area contributed by atoms with Crippen LogP contribution in [-0.2, 0) is 16.6 Å². The van der Waals surface area contributed by atoms with E-state index < -0.39 is 0 Å². The second-order valence-electron chi connectivity index (χ2n) is 8.77. The molecule has 0 bridgehead atoms. The minimum Gasteiger partial charge on any atom is -0.478 e. The van der Waals surface area contributed by atoms with Crippen LogP contribution in [0.4, 0.5) is 17.3 Å². The van der Waals surface area contributed by atoms with Gasteiger partial charge in [0.2, 0.25) is 11.9 Å². The van der Waals surface area contributed by atoms with Crippen LogP contribution in [0.2, 0.25) is 0 Å². The van der Waals surface area contributed by atoms with Crippen molar-refractivity contribution in [3.8, 4) is 17.1 Å². The fraction of sp³-hybridized carbons (Fsp3) is 0.360. The lowest BCUT2D eigenvalue weighted by atomic mass is 10.1. The number of H-pyrrole nitrogens is 1. The number of benzene rings is 1. The van der Waals surface area contributed by atoms with Crippen LogP contribution in [0.3, 0.4) is 0 Å². The molecule has 4 N–H and O–H groups in total. The first kappa shape index (κ1) is 23.8. The first-order valence-electron chi connectivity index (χ1n) is 11.9. The summed E-state index contributed by atoms with van der Waals surface area (Å²) < 4.78 is 12.6. The van der Waals surface area contributed by atoms with Crippen LogP contribution >= 0.6 is 0 Å². The number of ether oxygens (including phenoxy) is 2. The van der Waals surface area contributed by atoms with Gasteiger partial charge >= 0.3 is 0 Å². The predicted molar refractivity (Wildman–Crippen MR) is 138 cm³/mol. The molecule has 1 aliphatic rings. The van der Waals surface area contributed by atoms with Crippen molar-refractivity contribution >= 4 is 34.1 Å². The third kappa shape index (κ3) is 4.62. The summed E-state index contributed by atoms with van der Waals surface area (Å²) in [7, 11) is 3.38. The molecule has 1 amide bonds. The van der Waals surface area contributed by atoms with Crippen LogP contribution < -0.4 is 20.7 Å². The Bertz CT molecular complexity index is 1400. The zero-order valence-electron chi connectivity index (χ0n) is 20.8. The number of rotatable bonds is 8. The molecule has 0 saturated carbocycles. The van der Waals surface area contributed by atoms with Gasteiger partial charge in [0.1, 0.15) is 5.69 Å². The van der Waals surface area contributed by atoms with Crippen LogP contribution in [-0.4, -0.2) is 63.0 Å². The number of hydrogen-bond donors (Lipinski definition) is 4. The number of amides is 1. The molecule has 1 fully saturated rings. The van der Waals surface area contributed by atoms with Gasteiger partial charge in [-0.15, -0.1) is 5.10 Å². The van der Waals surface area contributed by atoms with Gasteiger partial charge < -0.3 is 30.4 Å². The molecule has 2 atom stereocenters. The lowest BCUT2D eigenvalue weighted by molar-refractivity contribution is -0.118. The van der Waals surface area contributed by atoms with Gasteiger partial charge in [0, 0.05) is 43.5 Å². The number of nitrogens with zero attached hydrogens (tertiary/aromatic N) is 4. The number of nitrogens with one attached hydrogen (secondary N) is 4. The predicted octanol–water partition coefficient (Wildman–Crippen LogP) is 3.12. The first-order chi connectivity index (χ1) is 17.5. The zero-order valence-corrected chi connectivity index (χ0v) is 20.8. The summed E-state index contributed by atoms with van der Waals surface area (Å²) in [6.07, 6.45) is 6.21. The van der Waals surface area contributed by atoms with Crippen molar-refractivity contribution in [2.75, 3.05) is 30.9 Å². The van der Waals surface area contributed by atoms with E-state index in [0.717, 1.165) is 33.4 Å². The Hall–Kier alpha value is -3.96. The van der Waals surface area contributed by atoms with Crippen LogP contribution in [0, 0.1) is 6.92 Å². The van der Waals surface area contributed by atoms with Crippen LogP contribution in [0.1, 0.15) is 18.9 Å². The zero-order chi connectivity index (χ0) is 25.2. The van der Waals surface area contributed by atoms with Gasteiger partial charge in [-0.3, -0.25) is 9.48 Å². The molecule has 11 heteroatoms. The van der Waals surface area contributed by atoms with E-state index in [1.807, 2.05) is 45.3 Å². The van der Waals surface area contributed by atoms with Crippen molar-refractivity contribution in [3.05, 3.63) is 42.4 Å². The Morgan fingerprint density at radius 3 is 2.97 bits per heavy atom. The summed E-state index contributed by atoms with van der Waals surface area (Å²) in [5, 5.41) is 14.7. The van der Waals surface area contributed by atoms with Crippen LogP contribution in [0.25, 0.3) is 22.2 Å². The summed E-state index contributed by atoms with van der Waals surface area (Å²) in [5.74, 6) is 0.813. The van der Waals surface area contributed by atoms with Crippen molar-refractivity contribution in [1.29, 1.82) is 0 Å². The molecule has 0 spiro atoms. The molecule has 11 nitrogen and oxygen atoms in total. The number of aromatic nitrogens is 5. The van der Waals surface area contributed by atoms with E-state index in [1.165, 1.54) is 0 Å². The maximum absolute atomic E-state index is 12.9. The Kier molecular flexibility index (Phi) is 6.57. The summed E-state index contributed by atoms with van der Waals surface area (Å²) >= 11 is 0. The van der Waals surface area contributed by atoms with Crippen molar-refractivity contribution in [2.45, 2.75) is 32.4 Å². The van der Waals surface area contributed by atoms with Crippen molar-refractivity contribution < 1.29 is 14.3 Å². The number of carbonyl (C=O) groups is 1. The van der Waals surface area contributed by atoms with E-state index in [2.05, 4.69) is 31.0 Å². The van der Waals surface area contributed by atoms with Crippen LogP contribution in [0.5, 0.6) is 5.88 Å².